The highest BCUT2D eigenvalue weighted by Crippen LogP contribution is 2.14. The topological polar surface area (TPSA) is 120 Å². The standard InChI is InChI=1S/C12H22N6OS/c1-7(2)4-5-8(3)15-9(19)6-20-12-17-10(13)16-11(14)18-12/h7-8H,4-6H2,1-3H3,(H,15,19)(H4,13,14,16,17,18)/t8-/m1/s1. The normalized spacial score (nSPS) is 12.4. The SMILES string of the molecule is CC(C)CC[C@@H](C)NC(=O)CSc1nc(N)nc(N)n1. The molecule has 0 saturated carbocycles. The monoisotopic (exact) mass is 298 g/mol. The van der Waals surface area contributed by atoms with Crippen LogP contribution < -0.4 is 16.8 Å². The van der Waals surface area contributed by atoms with Crippen LogP contribution in [0.25, 0.3) is 0 Å². The van der Waals surface area contributed by atoms with Crippen molar-refractivity contribution in [1.82, 2.24) is 20.3 Å². The first kappa shape index (κ1) is 16.5. The van der Waals surface area contributed by atoms with Gasteiger partial charge in [-0.1, -0.05) is 25.6 Å². The second-order valence-electron chi connectivity index (χ2n) is 5.06. The molecule has 7 nitrogen and oxygen atoms in total. The molecule has 1 rings (SSSR count). The maximum atomic E-state index is 11.8. The predicted molar refractivity (Wildman–Crippen MR) is 81.1 cm³/mol. The highest BCUT2D eigenvalue weighted by atomic mass is 32.2. The van der Waals surface area contributed by atoms with E-state index in [1.165, 1.54) is 11.8 Å². The third-order valence-corrected chi connectivity index (χ3v) is 3.41. The summed E-state index contributed by atoms with van der Waals surface area (Å²) in [5.41, 5.74) is 10.9. The molecule has 0 saturated heterocycles. The number of carbonyl (C=O) groups excluding carboxylic acids is 1. The molecule has 0 bridgehead atoms. The maximum Gasteiger partial charge on any atom is 0.230 e. The molecule has 1 heterocycles. The largest absolute Gasteiger partial charge is 0.368 e. The van der Waals surface area contributed by atoms with Crippen LogP contribution in [-0.2, 0) is 4.79 Å². The van der Waals surface area contributed by atoms with E-state index in [1.807, 2.05) is 6.92 Å². The quantitative estimate of drug-likeness (QED) is 0.644. The summed E-state index contributed by atoms with van der Waals surface area (Å²) in [6.45, 7) is 6.34. The van der Waals surface area contributed by atoms with Crippen LogP contribution in [0.5, 0.6) is 0 Å². The maximum absolute atomic E-state index is 11.8. The van der Waals surface area contributed by atoms with Gasteiger partial charge in [-0.3, -0.25) is 4.79 Å². The Morgan fingerprint density at radius 1 is 1.15 bits per heavy atom. The number of nitrogens with zero attached hydrogens (tertiary/aromatic N) is 3. The van der Waals surface area contributed by atoms with Crippen LogP contribution in [0.1, 0.15) is 33.6 Å². The molecular formula is C12H22N6OS. The highest BCUT2D eigenvalue weighted by Gasteiger charge is 2.10. The Morgan fingerprint density at radius 2 is 1.75 bits per heavy atom. The number of amides is 1. The van der Waals surface area contributed by atoms with E-state index in [4.69, 9.17) is 11.5 Å². The van der Waals surface area contributed by atoms with E-state index in [0.717, 1.165) is 12.8 Å². The van der Waals surface area contributed by atoms with Crippen LogP contribution in [0, 0.1) is 5.92 Å². The fourth-order valence-electron chi connectivity index (χ4n) is 1.55. The lowest BCUT2D eigenvalue weighted by Gasteiger charge is -2.14. The highest BCUT2D eigenvalue weighted by molar-refractivity contribution is 7.99. The number of thioether (sulfide) groups is 1. The lowest BCUT2D eigenvalue weighted by atomic mass is 10.0. The van der Waals surface area contributed by atoms with E-state index in [0.29, 0.717) is 11.1 Å². The third-order valence-electron chi connectivity index (χ3n) is 2.57. The number of nitrogens with two attached hydrogens (primary N) is 2. The van der Waals surface area contributed by atoms with Crippen molar-refractivity contribution in [3.63, 3.8) is 0 Å². The molecule has 0 aliphatic carbocycles. The minimum absolute atomic E-state index is 0.0520. The molecule has 0 spiro atoms. The summed E-state index contributed by atoms with van der Waals surface area (Å²) in [7, 11) is 0. The van der Waals surface area contributed by atoms with Gasteiger partial charge in [0.05, 0.1) is 5.75 Å². The second kappa shape index (κ2) is 7.88. The molecule has 0 unspecified atom stereocenters. The van der Waals surface area contributed by atoms with Crippen LogP contribution in [0.15, 0.2) is 5.16 Å². The summed E-state index contributed by atoms with van der Waals surface area (Å²) in [4.78, 5) is 23.3. The Labute approximate surface area is 123 Å². The van der Waals surface area contributed by atoms with Gasteiger partial charge >= 0.3 is 0 Å². The molecule has 1 atom stereocenters. The number of nitrogen functional groups attached to an aromatic ring is 2. The average molecular weight is 298 g/mol. The Balaban J connectivity index is 2.35. The van der Waals surface area contributed by atoms with Gasteiger partial charge in [0.15, 0.2) is 5.16 Å². The molecule has 0 fully saturated rings. The summed E-state index contributed by atoms with van der Waals surface area (Å²) in [5, 5.41) is 3.30. The van der Waals surface area contributed by atoms with Crippen molar-refractivity contribution < 1.29 is 4.79 Å². The van der Waals surface area contributed by atoms with E-state index in [-0.39, 0.29) is 29.6 Å². The Hall–Kier alpha value is -1.57. The van der Waals surface area contributed by atoms with Crippen LogP contribution in [0.2, 0.25) is 0 Å². The van der Waals surface area contributed by atoms with Crippen LogP contribution in [0.4, 0.5) is 11.9 Å². The van der Waals surface area contributed by atoms with Crippen LogP contribution in [0.3, 0.4) is 0 Å². The zero-order valence-electron chi connectivity index (χ0n) is 12.1. The number of rotatable bonds is 7. The Morgan fingerprint density at radius 3 is 2.30 bits per heavy atom. The van der Waals surface area contributed by atoms with Crippen molar-refractivity contribution in [3.8, 4) is 0 Å². The molecular weight excluding hydrogens is 276 g/mol. The number of hydrogen-bond donors (Lipinski definition) is 3. The zero-order valence-corrected chi connectivity index (χ0v) is 12.9. The van der Waals surface area contributed by atoms with Gasteiger partial charge in [0.1, 0.15) is 0 Å². The van der Waals surface area contributed by atoms with Gasteiger partial charge in [-0.05, 0) is 25.7 Å². The van der Waals surface area contributed by atoms with Crippen molar-refractivity contribution in [3.05, 3.63) is 0 Å². The Bertz CT molecular complexity index is 433. The average Bonchev–Trinajstić information content (AvgIpc) is 2.33. The zero-order chi connectivity index (χ0) is 15.1. The van der Waals surface area contributed by atoms with E-state index in [1.54, 1.807) is 0 Å². The summed E-state index contributed by atoms with van der Waals surface area (Å²) in [5.74, 6) is 0.940. The second-order valence-corrected chi connectivity index (χ2v) is 6.01. The third kappa shape index (κ3) is 6.55. The van der Waals surface area contributed by atoms with E-state index >= 15 is 0 Å². The smallest absolute Gasteiger partial charge is 0.230 e. The van der Waals surface area contributed by atoms with Crippen LogP contribution in [-0.4, -0.2) is 32.7 Å². The van der Waals surface area contributed by atoms with Crippen molar-refractivity contribution in [2.24, 2.45) is 5.92 Å². The van der Waals surface area contributed by atoms with E-state index in [2.05, 4.69) is 34.1 Å². The number of aromatic nitrogens is 3. The van der Waals surface area contributed by atoms with E-state index in [9.17, 15) is 4.79 Å². The minimum atomic E-state index is -0.0520. The van der Waals surface area contributed by atoms with Gasteiger partial charge in [0, 0.05) is 6.04 Å². The Kier molecular flexibility index (Phi) is 6.50. The lowest BCUT2D eigenvalue weighted by Crippen LogP contribution is -2.34. The molecule has 0 radical (unpaired) electrons. The molecule has 0 aromatic carbocycles. The summed E-state index contributed by atoms with van der Waals surface area (Å²) >= 11 is 1.19. The van der Waals surface area contributed by atoms with Crippen molar-refractivity contribution in [2.75, 3.05) is 17.2 Å². The minimum Gasteiger partial charge on any atom is -0.368 e. The number of anilines is 2. The van der Waals surface area contributed by atoms with Crippen molar-refractivity contribution in [1.29, 1.82) is 0 Å². The molecule has 1 amide bonds. The molecule has 20 heavy (non-hydrogen) atoms. The fourth-order valence-corrected chi connectivity index (χ4v) is 2.21. The molecule has 1 aromatic rings. The van der Waals surface area contributed by atoms with Gasteiger partial charge in [-0.15, -0.1) is 0 Å². The first-order valence-electron chi connectivity index (χ1n) is 6.56. The van der Waals surface area contributed by atoms with Crippen molar-refractivity contribution in [2.45, 2.75) is 44.8 Å². The summed E-state index contributed by atoms with van der Waals surface area (Å²) in [6.07, 6.45) is 2.06. The lowest BCUT2D eigenvalue weighted by molar-refractivity contribution is -0.119. The molecule has 112 valence electrons. The van der Waals surface area contributed by atoms with Gasteiger partial charge in [-0.25, -0.2) is 0 Å². The van der Waals surface area contributed by atoms with E-state index < -0.39 is 0 Å². The number of carbonyl (C=O) groups is 1. The van der Waals surface area contributed by atoms with Crippen molar-refractivity contribution >= 4 is 29.6 Å². The summed E-state index contributed by atoms with van der Waals surface area (Å²) in [6, 6.07) is 0.166. The van der Waals surface area contributed by atoms with Gasteiger partial charge in [0.2, 0.25) is 17.8 Å². The van der Waals surface area contributed by atoms with Gasteiger partial charge < -0.3 is 16.8 Å². The molecule has 1 aromatic heterocycles. The van der Waals surface area contributed by atoms with Gasteiger partial charge in [-0.2, -0.15) is 15.0 Å². The molecule has 0 aliphatic heterocycles. The van der Waals surface area contributed by atoms with Gasteiger partial charge in [0.25, 0.3) is 0 Å². The van der Waals surface area contributed by atoms with Crippen LogP contribution >= 0.6 is 11.8 Å². The number of hydrogen-bond acceptors (Lipinski definition) is 7. The molecule has 5 N–H and O–H groups in total. The first-order valence-corrected chi connectivity index (χ1v) is 7.54. The predicted octanol–water partition coefficient (Wildman–Crippen LogP) is 1.07. The summed E-state index contributed by atoms with van der Waals surface area (Å²) < 4.78 is 0. The molecule has 8 heteroatoms. The number of nitrogens with one attached hydrogen (secondary N) is 1. The fraction of sp³-hybridized carbons (Fsp3) is 0.667. The molecule has 0 aliphatic rings. The first-order chi connectivity index (χ1) is 9.36.